The number of carbonyl (C=O) groups excluding carboxylic acids is 1. The molecule has 1 aliphatic rings. The number of ether oxygens (including phenoxy) is 1. The Balaban J connectivity index is 2.79. The Bertz CT molecular complexity index is 715. The fourth-order valence-electron chi connectivity index (χ4n) is 2.39. The average molecular weight is 430 g/mol. The lowest BCUT2D eigenvalue weighted by Crippen LogP contribution is -2.40. The number of phosphoric ester groups is 1. The maximum Gasteiger partial charge on any atom is 0.469 e. The first-order chi connectivity index (χ1) is 13.5. The third kappa shape index (κ3) is 10.5. The molecule has 4 atom stereocenters. The predicted octanol–water partition coefficient (Wildman–Crippen LogP) is 1.06. The Kier molecular flexibility index (Phi) is 10.4. The van der Waals surface area contributed by atoms with Gasteiger partial charge in [0.05, 0.1) is 6.61 Å². The van der Waals surface area contributed by atoms with Crippen LogP contribution in [0.1, 0.15) is 19.8 Å². The average Bonchev–Trinajstić information content (AvgIpc) is 2.62. The van der Waals surface area contributed by atoms with Gasteiger partial charge >= 0.3 is 13.8 Å². The molecule has 0 aromatic heterocycles. The van der Waals surface area contributed by atoms with Crippen LogP contribution < -0.4 is 0 Å². The summed E-state index contributed by atoms with van der Waals surface area (Å²) in [6.07, 6.45) is 11.8. The summed E-state index contributed by atoms with van der Waals surface area (Å²) < 4.78 is 20.9. The molecule has 10 heteroatoms. The van der Waals surface area contributed by atoms with Crippen molar-refractivity contribution in [2.45, 2.75) is 43.7 Å². The van der Waals surface area contributed by atoms with E-state index < -0.39 is 37.7 Å². The minimum atomic E-state index is -4.88. The summed E-state index contributed by atoms with van der Waals surface area (Å²) in [6.45, 7) is 1.23. The number of aliphatic hydroxyl groups is 3. The van der Waals surface area contributed by atoms with Crippen LogP contribution in [0.2, 0.25) is 0 Å². The Morgan fingerprint density at radius 1 is 1.28 bits per heavy atom. The molecule has 1 aliphatic heterocycles. The zero-order chi connectivity index (χ0) is 21.9. The van der Waals surface area contributed by atoms with E-state index in [0.717, 1.165) is 6.08 Å². The number of hydrogen-bond acceptors (Lipinski definition) is 7. The monoisotopic (exact) mass is 430 g/mol. The second kappa shape index (κ2) is 12.0. The van der Waals surface area contributed by atoms with Gasteiger partial charge in [-0.3, -0.25) is 4.52 Å². The molecule has 5 N–H and O–H groups in total. The largest absolute Gasteiger partial charge is 0.469 e. The summed E-state index contributed by atoms with van der Waals surface area (Å²) in [5, 5.41) is 29.1. The van der Waals surface area contributed by atoms with E-state index >= 15 is 0 Å². The molecule has 4 unspecified atom stereocenters. The van der Waals surface area contributed by atoms with Gasteiger partial charge in [0, 0.05) is 6.08 Å². The maximum absolute atomic E-state index is 11.3. The second-order valence-corrected chi connectivity index (χ2v) is 7.61. The van der Waals surface area contributed by atoms with E-state index in [1.54, 1.807) is 36.5 Å². The molecule has 0 saturated carbocycles. The van der Waals surface area contributed by atoms with Crippen LogP contribution in [-0.2, 0) is 18.6 Å². The number of carbonyl (C=O) groups is 1. The summed E-state index contributed by atoms with van der Waals surface area (Å²) in [5.41, 5.74) is -1.82. The molecule has 0 aliphatic carbocycles. The van der Waals surface area contributed by atoms with Gasteiger partial charge in [-0.05, 0) is 31.9 Å². The first kappa shape index (κ1) is 25.2. The van der Waals surface area contributed by atoms with Crippen molar-refractivity contribution in [3.8, 4) is 0 Å². The SMILES string of the molecule is CC(O)(/C=C/C1OC(=O)C=CC1O)C(CC\C=C/C=C\C=C\CO)OP(=O)(O)O. The van der Waals surface area contributed by atoms with Crippen LogP contribution in [0.15, 0.2) is 60.8 Å². The van der Waals surface area contributed by atoms with Gasteiger partial charge in [-0.25, -0.2) is 9.36 Å². The van der Waals surface area contributed by atoms with Crippen LogP contribution in [0.3, 0.4) is 0 Å². The van der Waals surface area contributed by atoms with Crippen molar-refractivity contribution in [3.63, 3.8) is 0 Å². The van der Waals surface area contributed by atoms with Gasteiger partial charge in [-0.15, -0.1) is 0 Å². The van der Waals surface area contributed by atoms with Gasteiger partial charge < -0.3 is 29.8 Å². The van der Waals surface area contributed by atoms with Gasteiger partial charge in [0.1, 0.15) is 23.9 Å². The van der Waals surface area contributed by atoms with Gasteiger partial charge in [0.25, 0.3) is 0 Å². The Labute approximate surface area is 169 Å². The maximum atomic E-state index is 11.3. The lowest BCUT2D eigenvalue weighted by atomic mass is 9.93. The van der Waals surface area contributed by atoms with Gasteiger partial charge in [-0.1, -0.05) is 42.5 Å². The number of allylic oxidation sites excluding steroid dienone is 5. The van der Waals surface area contributed by atoms with Crippen LogP contribution in [0.4, 0.5) is 0 Å². The normalized spacial score (nSPS) is 24.0. The molecular weight excluding hydrogens is 403 g/mol. The summed E-state index contributed by atoms with van der Waals surface area (Å²) in [5.74, 6) is -0.653. The minimum Gasteiger partial charge on any atom is -0.452 e. The molecule has 0 radical (unpaired) electrons. The molecule has 0 bridgehead atoms. The fraction of sp³-hybridized carbons (Fsp3) is 0.421. The Hall–Kier alpha value is -1.84. The highest BCUT2D eigenvalue weighted by Crippen LogP contribution is 2.41. The van der Waals surface area contributed by atoms with E-state index in [0.29, 0.717) is 6.42 Å². The van der Waals surface area contributed by atoms with E-state index in [-0.39, 0.29) is 13.0 Å². The topological polar surface area (TPSA) is 154 Å². The van der Waals surface area contributed by atoms with Crippen LogP contribution in [-0.4, -0.2) is 61.6 Å². The van der Waals surface area contributed by atoms with Gasteiger partial charge in [-0.2, -0.15) is 0 Å². The molecule has 0 fully saturated rings. The molecule has 1 heterocycles. The number of phosphoric acid groups is 1. The minimum absolute atomic E-state index is 0.0641. The molecule has 0 aromatic carbocycles. The smallest absolute Gasteiger partial charge is 0.452 e. The van der Waals surface area contributed by atoms with Gasteiger partial charge in [0.15, 0.2) is 0 Å². The molecule has 29 heavy (non-hydrogen) atoms. The van der Waals surface area contributed by atoms with Crippen molar-refractivity contribution < 1.29 is 43.7 Å². The van der Waals surface area contributed by atoms with Crippen LogP contribution in [0, 0.1) is 0 Å². The molecule has 0 saturated heterocycles. The van der Waals surface area contributed by atoms with Crippen molar-refractivity contribution in [3.05, 3.63) is 60.8 Å². The predicted molar refractivity (Wildman–Crippen MR) is 105 cm³/mol. The third-order valence-electron chi connectivity index (χ3n) is 3.86. The van der Waals surface area contributed by atoms with Crippen molar-refractivity contribution in [1.29, 1.82) is 0 Å². The van der Waals surface area contributed by atoms with E-state index in [4.69, 9.17) is 24.2 Å². The molecule has 0 aromatic rings. The number of rotatable bonds is 11. The van der Waals surface area contributed by atoms with Crippen molar-refractivity contribution in [2.75, 3.05) is 6.61 Å². The van der Waals surface area contributed by atoms with Crippen LogP contribution in [0.5, 0.6) is 0 Å². The highest BCUT2D eigenvalue weighted by Gasteiger charge is 2.36. The van der Waals surface area contributed by atoms with Crippen LogP contribution in [0.25, 0.3) is 0 Å². The fourth-order valence-corrected chi connectivity index (χ4v) is 3.04. The molecule has 162 valence electrons. The zero-order valence-electron chi connectivity index (χ0n) is 15.9. The lowest BCUT2D eigenvalue weighted by molar-refractivity contribution is -0.146. The van der Waals surface area contributed by atoms with E-state index in [1.807, 2.05) is 0 Å². The van der Waals surface area contributed by atoms with Crippen LogP contribution >= 0.6 is 7.82 Å². The Morgan fingerprint density at radius 2 is 1.93 bits per heavy atom. The van der Waals surface area contributed by atoms with Crippen molar-refractivity contribution in [1.82, 2.24) is 0 Å². The number of hydrogen-bond donors (Lipinski definition) is 5. The zero-order valence-corrected chi connectivity index (χ0v) is 16.8. The van der Waals surface area contributed by atoms with Crippen molar-refractivity contribution >= 4 is 13.8 Å². The summed E-state index contributed by atoms with van der Waals surface area (Å²) >= 11 is 0. The standard InChI is InChI=1S/C19H27O9P/c1-19(23,13-12-16-15(21)10-11-18(22)27-16)17(28-29(24,25)26)9-7-5-3-2-4-6-8-14-20/h2-6,8,10-13,15-17,20-21,23H,7,9,14H2,1H3,(H2,24,25,26)/b4-2-,5-3-,8-6+,13-12+. The summed E-state index contributed by atoms with van der Waals surface area (Å²) in [7, 11) is -4.88. The van der Waals surface area contributed by atoms with Crippen molar-refractivity contribution in [2.24, 2.45) is 0 Å². The first-order valence-corrected chi connectivity index (χ1v) is 10.4. The highest BCUT2D eigenvalue weighted by atomic mass is 31.2. The van der Waals surface area contributed by atoms with E-state index in [9.17, 15) is 19.6 Å². The lowest BCUT2D eigenvalue weighted by Gasteiger charge is -2.31. The molecule has 0 amide bonds. The quantitative estimate of drug-likeness (QED) is 0.140. The van der Waals surface area contributed by atoms with E-state index in [2.05, 4.69) is 0 Å². The van der Waals surface area contributed by atoms with E-state index in [1.165, 1.54) is 25.2 Å². The third-order valence-corrected chi connectivity index (χ3v) is 4.39. The molecule has 0 spiro atoms. The van der Waals surface area contributed by atoms with Gasteiger partial charge in [0.2, 0.25) is 0 Å². The number of aliphatic hydroxyl groups excluding tert-OH is 2. The summed E-state index contributed by atoms with van der Waals surface area (Å²) in [6, 6.07) is 0. The molecular formula is C19H27O9P. The Morgan fingerprint density at radius 3 is 2.55 bits per heavy atom. The molecule has 9 nitrogen and oxygen atoms in total. The highest BCUT2D eigenvalue weighted by molar-refractivity contribution is 7.46. The number of esters is 1. The second-order valence-electron chi connectivity index (χ2n) is 6.42. The summed E-state index contributed by atoms with van der Waals surface area (Å²) in [4.78, 5) is 29.6. The molecule has 1 rings (SSSR count). The first-order valence-electron chi connectivity index (χ1n) is 8.87. The number of cyclic esters (lactones) is 1.